The first kappa shape index (κ1) is 37.6. The summed E-state index contributed by atoms with van der Waals surface area (Å²) in [4.78, 5) is 77.6. The number of nitrogens with zero attached hydrogens (tertiary/aromatic N) is 5. The van der Waals surface area contributed by atoms with Crippen molar-refractivity contribution in [3.63, 3.8) is 0 Å². The van der Waals surface area contributed by atoms with Gasteiger partial charge in [0.15, 0.2) is 10.8 Å². The molecule has 2 aromatic heterocycles. The van der Waals surface area contributed by atoms with Gasteiger partial charge in [-0.1, -0.05) is 16.9 Å². The van der Waals surface area contributed by atoms with Gasteiger partial charge in [-0.3, -0.25) is 14.4 Å². The van der Waals surface area contributed by atoms with Crippen molar-refractivity contribution >= 4 is 85.3 Å². The van der Waals surface area contributed by atoms with Gasteiger partial charge in [0.2, 0.25) is 16.1 Å². The average molecular weight is 801 g/mol. The number of carbonyl (C=O) groups excluding carboxylic acids is 2. The number of aliphatic carboxylic acids is 2. The number of nitrogens with two attached hydrogens (primary N) is 1. The smallest absolute Gasteiger partial charge is 0.352 e. The van der Waals surface area contributed by atoms with E-state index in [0.29, 0.717) is 29.9 Å². The maximum Gasteiger partial charge on any atom is 0.352 e. The molecule has 1 aromatic carbocycles. The molecule has 16 nitrogen and oxygen atoms in total. The predicted molar refractivity (Wildman–Crippen MR) is 204 cm³/mol. The van der Waals surface area contributed by atoms with E-state index in [1.165, 1.54) is 37.1 Å². The first-order valence-electron chi connectivity index (χ1n) is 17.1. The fourth-order valence-corrected chi connectivity index (χ4v) is 9.33. The van der Waals surface area contributed by atoms with Gasteiger partial charge >= 0.3 is 11.9 Å². The minimum atomic E-state index is -1.74. The highest BCUT2D eigenvalue weighted by atomic mass is 32.2. The number of piperazine rings is 1. The molecule has 3 fully saturated rings. The number of nitrogen functional groups attached to an aromatic ring is 1. The second-order valence-corrected chi connectivity index (χ2v) is 16.7. The molecule has 1 amide bonds. The third-order valence-corrected chi connectivity index (χ3v) is 12.7. The number of amides is 1. The van der Waals surface area contributed by atoms with Gasteiger partial charge in [0, 0.05) is 67.2 Å². The lowest BCUT2D eigenvalue weighted by atomic mass is 10.0. The summed E-state index contributed by atoms with van der Waals surface area (Å²) in [5.74, 6) is -3.50. The van der Waals surface area contributed by atoms with E-state index in [1.807, 2.05) is 9.47 Å². The van der Waals surface area contributed by atoms with Crippen LogP contribution in [0.3, 0.4) is 0 Å². The summed E-state index contributed by atoms with van der Waals surface area (Å²) in [6.45, 7) is 5.37. The Morgan fingerprint density at radius 1 is 1.20 bits per heavy atom. The number of carbonyl (C=O) groups is 4. The first-order valence-corrected chi connectivity index (χ1v) is 20.0. The van der Waals surface area contributed by atoms with Crippen LogP contribution < -0.4 is 26.7 Å². The summed E-state index contributed by atoms with van der Waals surface area (Å²) in [6.07, 6.45) is 3.30. The number of nitrogens with one attached hydrogen (secondary N) is 2. The number of oxime groups is 1. The number of pyridine rings is 1. The van der Waals surface area contributed by atoms with Crippen molar-refractivity contribution in [2.75, 3.05) is 54.9 Å². The van der Waals surface area contributed by atoms with Crippen molar-refractivity contribution in [2.24, 2.45) is 5.16 Å². The topological polar surface area (TPSA) is 222 Å². The highest BCUT2D eigenvalue weighted by molar-refractivity contribution is 8.14. The van der Waals surface area contributed by atoms with Crippen LogP contribution in [0.15, 0.2) is 44.9 Å². The number of benzene rings is 1. The zero-order valence-electron chi connectivity index (χ0n) is 29.2. The normalized spacial score (nSPS) is 20.4. The summed E-state index contributed by atoms with van der Waals surface area (Å²) in [6, 6.07) is 2.50. The van der Waals surface area contributed by atoms with Crippen LogP contribution in [0.4, 0.5) is 15.2 Å². The number of hydrogen-bond donors (Lipinski definition) is 5. The Hall–Kier alpha value is -4.66. The Balaban J connectivity index is 1.07. The van der Waals surface area contributed by atoms with Crippen LogP contribution in [-0.2, 0) is 19.2 Å². The standard InChI is InChI=1S/C34H37FN8O8S3/c1-34(2,32(49)50)51-40-25(22-15-54-33(36)39-22)28(45)38-21-12-43-26(30(46)47)16(13-52-29(21)43)14-53-31(48)19-11-42(17-3-4-17)23-10-24(41-7-5-37-6-8-41)20(35)9-18(23)27(19)44/h9-11,15,17,21,29,37H,3-8,12-14H2,1-2H3,(H2,36,39)(H,38,45)(H,46,47)(H,49,50)/t21-,29-/m1/s1. The minimum absolute atomic E-state index is 0.00364. The van der Waals surface area contributed by atoms with E-state index in [2.05, 4.69) is 20.8 Å². The van der Waals surface area contributed by atoms with Crippen molar-refractivity contribution in [2.45, 2.75) is 49.7 Å². The number of hydrogen-bond acceptors (Lipinski definition) is 15. The molecule has 6 N–H and O–H groups in total. The molecule has 3 aromatic rings. The molecule has 5 heterocycles. The third kappa shape index (κ3) is 7.38. The molecule has 0 spiro atoms. The Bertz CT molecular complexity index is 2180. The van der Waals surface area contributed by atoms with Crippen molar-refractivity contribution in [1.29, 1.82) is 0 Å². The highest BCUT2D eigenvalue weighted by Gasteiger charge is 2.47. The molecule has 0 bridgehead atoms. The maximum absolute atomic E-state index is 15.4. The fourth-order valence-electron chi connectivity index (χ4n) is 6.44. The number of carboxylic acid groups (broad SMARTS) is 2. The van der Waals surface area contributed by atoms with Gasteiger partial charge in [0.25, 0.3) is 5.91 Å². The van der Waals surface area contributed by atoms with Gasteiger partial charge in [-0.05, 0) is 44.4 Å². The molecule has 286 valence electrons. The summed E-state index contributed by atoms with van der Waals surface area (Å²) in [7, 11) is 0. The van der Waals surface area contributed by atoms with Gasteiger partial charge in [-0.2, -0.15) is 0 Å². The van der Waals surface area contributed by atoms with Crippen molar-refractivity contribution < 1.29 is 38.6 Å². The SMILES string of the molecule is CC(C)(ON=C(C(=O)N[C@@H]1CN2C(C(=O)O)=C(CSC(=O)c3cn(C4CC4)c4cc(N5CCNCC5)c(F)cc4c3=O)CS[C@H]12)c1csc(N)n1)C(=O)O. The molecule has 3 aliphatic heterocycles. The number of rotatable bonds is 12. The van der Waals surface area contributed by atoms with Crippen LogP contribution in [0.5, 0.6) is 0 Å². The summed E-state index contributed by atoms with van der Waals surface area (Å²) in [5.41, 5.74) is 4.62. The third-order valence-electron chi connectivity index (χ3n) is 9.57. The second-order valence-electron chi connectivity index (χ2n) is 13.8. The lowest BCUT2D eigenvalue weighted by Gasteiger charge is -2.52. The number of halogens is 1. The summed E-state index contributed by atoms with van der Waals surface area (Å²) < 4.78 is 17.3. The molecule has 4 aliphatic rings. The monoisotopic (exact) mass is 800 g/mol. The van der Waals surface area contributed by atoms with Crippen LogP contribution >= 0.6 is 34.9 Å². The minimum Gasteiger partial charge on any atom is -0.478 e. The fraction of sp³-hybridized carbons (Fsp3) is 0.441. The maximum atomic E-state index is 15.4. The second kappa shape index (κ2) is 14.9. The Morgan fingerprint density at radius 2 is 1.94 bits per heavy atom. The van der Waals surface area contributed by atoms with Crippen molar-refractivity contribution in [1.82, 2.24) is 25.1 Å². The molecule has 20 heteroatoms. The molecular weight excluding hydrogens is 764 g/mol. The molecule has 54 heavy (non-hydrogen) atoms. The Labute approximate surface area is 320 Å². The van der Waals surface area contributed by atoms with Gasteiger partial charge in [-0.15, -0.1) is 23.1 Å². The number of aromatic nitrogens is 2. The van der Waals surface area contributed by atoms with E-state index in [4.69, 9.17) is 10.6 Å². The van der Waals surface area contributed by atoms with Gasteiger partial charge in [-0.25, -0.2) is 19.0 Å². The number of fused-ring (bicyclic) bond motifs is 2. The van der Waals surface area contributed by atoms with Gasteiger partial charge in [0.05, 0.1) is 28.2 Å². The Kier molecular flexibility index (Phi) is 10.4. The zero-order valence-corrected chi connectivity index (χ0v) is 31.6. The first-order chi connectivity index (χ1) is 25.7. The number of carboxylic acids is 2. The van der Waals surface area contributed by atoms with E-state index in [0.717, 1.165) is 49.0 Å². The summed E-state index contributed by atoms with van der Waals surface area (Å²) >= 11 is 3.25. The molecular formula is C34H37FN8O8S3. The Morgan fingerprint density at radius 3 is 2.59 bits per heavy atom. The number of anilines is 2. The molecule has 0 radical (unpaired) electrons. The molecule has 2 saturated heterocycles. The van der Waals surface area contributed by atoms with E-state index in [-0.39, 0.29) is 57.3 Å². The van der Waals surface area contributed by atoms with Crippen LogP contribution in [0.2, 0.25) is 0 Å². The van der Waals surface area contributed by atoms with E-state index in [1.54, 1.807) is 17.2 Å². The molecule has 2 atom stereocenters. The number of thiazole rings is 1. The largest absolute Gasteiger partial charge is 0.478 e. The molecule has 0 unspecified atom stereocenters. The van der Waals surface area contributed by atoms with E-state index < -0.39 is 51.2 Å². The number of thioether (sulfide) groups is 2. The molecule has 1 saturated carbocycles. The van der Waals surface area contributed by atoms with Crippen molar-refractivity contribution in [3.05, 3.63) is 62.3 Å². The van der Waals surface area contributed by atoms with Gasteiger partial charge < -0.3 is 45.8 Å². The lowest BCUT2D eigenvalue weighted by molar-refractivity contribution is -0.161. The lowest BCUT2D eigenvalue weighted by Crippen LogP contribution is -2.67. The zero-order chi connectivity index (χ0) is 38.5. The van der Waals surface area contributed by atoms with Gasteiger partial charge in [0.1, 0.15) is 17.2 Å². The predicted octanol–water partition coefficient (Wildman–Crippen LogP) is 2.29. The quantitative estimate of drug-likeness (QED) is 0.131. The molecule has 1 aliphatic carbocycles. The van der Waals surface area contributed by atoms with Crippen LogP contribution in [0.1, 0.15) is 48.8 Å². The van der Waals surface area contributed by atoms with Crippen LogP contribution in [0.25, 0.3) is 10.9 Å². The average Bonchev–Trinajstić information content (AvgIpc) is 3.89. The van der Waals surface area contributed by atoms with E-state index in [9.17, 15) is 34.2 Å². The van der Waals surface area contributed by atoms with E-state index >= 15 is 4.39 Å². The highest BCUT2D eigenvalue weighted by Crippen LogP contribution is 2.41. The molecule has 7 rings (SSSR count). The van der Waals surface area contributed by atoms with Crippen LogP contribution in [0, 0.1) is 5.82 Å². The van der Waals surface area contributed by atoms with Crippen molar-refractivity contribution in [3.8, 4) is 0 Å². The van der Waals surface area contributed by atoms with Crippen LogP contribution in [-0.4, -0.2) is 115 Å². The summed E-state index contributed by atoms with van der Waals surface area (Å²) in [5, 5.41) is 30.3.